The zero-order valence-corrected chi connectivity index (χ0v) is 19.1. The van der Waals surface area contributed by atoms with Gasteiger partial charge >= 0.3 is 0 Å². The predicted molar refractivity (Wildman–Crippen MR) is 121 cm³/mol. The molecule has 0 aromatic heterocycles. The van der Waals surface area contributed by atoms with Gasteiger partial charge < -0.3 is 15.0 Å². The lowest BCUT2D eigenvalue weighted by molar-refractivity contribution is 0.0941. The fourth-order valence-corrected chi connectivity index (χ4v) is 5.42. The second-order valence-electron chi connectivity index (χ2n) is 8.07. The molecule has 1 amide bonds. The van der Waals surface area contributed by atoms with Crippen LogP contribution in [0.5, 0.6) is 5.75 Å². The van der Waals surface area contributed by atoms with Gasteiger partial charge in [-0.3, -0.25) is 4.79 Å². The lowest BCUT2D eigenvalue weighted by Crippen LogP contribution is -2.35. The van der Waals surface area contributed by atoms with Crippen LogP contribution in [0.25, 0.3) is 0 Å². The van der Waals surface area contributed by atoms with Gasteiger partial charge in [-0.05, 0) is 50.7 Å². The SMILES string of the molecule is COc1ccc(C(=O)NC[C@@H](c2ccccc2)N(C)C)cc1S(=O)(=O)NC1CCCC1. The zero-order chi connectivity index (χ0) is 22.4. The van der Waals surface area contributed by atoms with Gasteiger partial charge in [0.05, 0.1) is 13.2 Å². The van der Waals surface area contributed by atoms with Gasteiger partial charge in [-0.25, -0.2) is 13.1 Å². The van der Waals surface area contributed by atoms with Gasteiger partial charge in [-0.1, -0.05) is 43.2 Å². The molecular weight excluding hydrogens is 414 g/mol. The summed E-state index contributed by atoms with van der Waals surface area (Å²) in [4.78, 5) is 14.9. The van der Waals surface area contributed by atoms with E-state index in [1.807, 2.05) is 49.3 Å². The molecule has 1 aliphatic rings. The van der Waals surface area contributed by atoms with Crippen LogP contribution < -0.4 is 14.8 Å². The standard InChI is InChI=1S/C23H31N3O4S/c1-26(2)20(17-9-5-4-6-10-17)16-24-23(27)18-13-14-21(30-3)22(15-18)31(28,29)25-19-11-7-8-12-19/h4-6,9-10,13-15,19-20,25H,7-8,11-12,16H2,1-3H3,(H,24,27)/t20-/m0/s1. The quantitative estimate of drug-likeness (QED) is 0.620. The zero-order valence-electron chi connectivity index (χ0n) is 18.3. The van der Waals surface area contributed by atoms with Gasteiger partial charge in [0.15, 0.2) is 0 Å². The number of sulfonamides is 1. The number of carbonyl (C=O) groups excluding carboxylic acids is 1. The van der Waals surface area contributed by atoms with Gasteiger partial charge in [0.25, 0.3) is 5.91 Å². The van der Waals surface area contributed by atoms with Crippen LogP contribution in [0.3, 0.4) is 0 Å². The molecule has 168 valence electrons. The number of ether oxygens (including phenoxy) is 1. The van der Waals surface area contributed by atoms with E-state index in [9.17, 15) is 13.2 Å². The summed E-state index contributed by atoms with van der Waals surface area (Å²) < 4.78 is 33.9. The molecule has 1 aliphatic carbocycles. The Balaban J connectivity index is 1.77. The average molecular weight is 446 g/mol. The van der Waals surface area contributed by atoms with Crippen molar-refractivity contribution in [2.75, 3.05) is 27.7 Å². The predicted octanol–water partition coefficient (Wildman–Crippen LogP) is 2.95. The third kappa shape index (κ3) is 5.84. The maximum Gasteiger partial charge on any atom is 0.251 e. The highest BCUT2D eigenvalue weighted by Gasteiger charge is 2.27. The molecule has 2 aromatic rings. The summed E-state index contributed by atoms with van der Waals surface area (Å²) in [6.45, 7) is 0.393. The molecule has 0 unspecified atom stereocenters. The lowest BCUT2D eigenvalue weighted by atomic mass is 10.1. The van der Waals surface area contributed by atoms with Crippen molar-refractivity contribution in [3.8, 4) is 5.75 Å². The highest BCUT2D eigenvalue weighted by molar-refractivity contribution is 7.89. The molecule has 0 radical (unpaired) electrons. The van der Waals surface area contributed by atoms with E-state index in [1.165, 1.54) is 19.2 Å². The molecule has 31 heavy (non-hydrogen) atoms. The first kappa shape index (κ1) is 23.2. The van der Waals surface area contributed by atoms with Gasteiger partial charge in [0.1, 0.15) is 10.6 Å². The Morgan fingerprint density at radius 1 is 1.13 bits per heavy atom. The fourth-order valence-electron chi connectivity index (χ4n) is 3.92. The summed E-state index contributed by atoms with van der Waals surface area (Å²) in [5.41, 5.74) is 1.37. The number of hydrogen-bond acceptors (Lipinski definition) is 5. The maximum atomic E-state index is 13.0. The summed E-state index contributed by atoms with van der Waals surface area (Å²) in [6.07, 6.45) is 3.68. The number of likely N-dealkylation sites (N-methyl/N-ethyl adjacent to an activating group) is 1. The molecule has 8 heteroatoms. The molecule has 3 rings (SSSR count). The number of hydrogen-bond donors (Lipinski definition) is 2. The summed E-state index contributed by atoms with van der Waals surface area (Å²) in [5.74, 6) is -0.111. The first-order valence-electron chi connectivity index (χ1n) is 10.5. The summed E-state index contributed by atoms with van der Waals surface area (Å²) in [6, 6.07) is 14.3. The molecule has 2 N–H and O–H groups in total. The van der Waals surface area contributed by atoms with Crippen molar-refractivity contribution in [3.05, 3.63) is 59.7 Å². The molecule has 0 aliphatic heterocycles. The monoisotopic (exact) mass is 445 g/mol. The van der Waals surface area contributed by atoms with Crippen LogP contribution in [-0.4, -0.2) is 53.0 Å². The van der Waals surface area contributed by atoms with Crippen LogP contribution in [-0.2, 0) is 10.0 Å². The molecule has 0 bridgehead atoms. The molecule has 0 spiro atoms. The van der Waals surface area contributed by atoms with Crippen molar-refractivity contribution in [2.24, 2.45) is 0 Å². The van der Waals surface area contributed by atoms with E-state index < -0.39 is 10.0 Å². The first-order valence-corrected chi connectivity index (χ1v) is 12.0. The Morgan fingerprint density at radius 3 is 2.42 bits per heavy atom. The molecular formula is C23H31N3O4S. The summed E-state index contributed by atoms with van der Waals surface area (Å²) in [5, 5.41) is 2.93. The molecule has 1 saturated carbocycles. The van der Waals surface area contributed by atoms with Crippen molar-refractivity contribution >= 4 is 15.9 Å². The normalized spacial score (nSPS) is 15.7. The molecule has 0 saturated heterocycles. The van der Waals surface area contributed by atoms with Crippen molar-refractivity contribution in [2.45, 2.75) is 42.7 Å². The van der Waals surface area contributed by atoms with E-state index in [2.05, 4.69) is 10.0 Å². The Labute approximate surface area is 184 Å². The third-order valence-corrected chi connectivity index (χ3v) is 7.20. The maximum absolute atomic E-state index is 13.0. The lowest BCUT2D eigenvalue weighted by Gasteiger charge is -2.25. The van der Waals surface area contributed by atoms with E-state index in [-0.39, 0.29) is 34.2 Å². The van der Waals surface area contributed by atoms with Crippen LogP contribution in [0.4, 0.5) is 0 Å². The summed E-state index contributed by atoms with van der Waals surface area (Å²) in [7, 11) is 1.54. The number of benzene rings is 2. The molecule has 1 fully saturated rings. The van der Waals surface area contributed by atoms with Crippen LogP contribution in [0.1, 0.15) is 47.6 Å². The van der Waals surface area contributed by atoms with Crippen molar-refractivity contribution < 1.29 is 17.9 Å². The smallest absolute Gasteiger partial charge is 0.251 e. The van der Waals surface area contributed by atoms with E-state index in [0.717, 1.165) is 31.2 Å². The Hall–Kier alpha value is -2.42. The summed E-state index contributed by atoms with van der Waals surface area (Å²) >= 11 is 0. The van der Waals surface area contributed by atoms with Gasteiger partial charge in [-0.2, -0.15) is 0 Å². The van der Waals surface area contributed by atoms with Crippen LogP contribution in [0.15, 0.2) is 53.4 Å². The number of carbonyl (C=O) groups is 1. The topological polar surface area (TPSA) is 87.7 Å². The van der Waals surface area contributed by atoms with Gasteiger partial charge in [0, 0.05) is 18.2 Å². The van der Waals surface area contributed by atoms with Gasteiger partial charge in [-0.15, -0.1) is 0 Å². The number of rotatable bonds is 9. The van der Waals surface area contributed by atoms with E-state index in [0.29, 0.717) is 6.54 Å². The van der Waals surface area contributed by atoms with E-state index in [4.69, 9.17) is 4.74 Å². The Kier molecular flexibility index (Phi) is 7.69. The second-order valence-corrected chi connectivity index (χ2v) is 9.75. The number of nitrogens with zero attached hydrogens (tertiary/aromatic N) is 1. The van der Waals surface area contributed by atoms with Crippen LogP contribution >= 0.6 is 0 Å². The largest absolute Gasteiger partial charge is 0.495 e. The fraction of sp³-hybridized carbons (Fsp3) is 0.435. The Bertz CT molecular complexity index is 987. The third-order valence-electron chi connectivity index (χ3n) is 5.66. The molecule has 2 aromatic carbocycles. The minimum absolute atomic E-state index is 0.00404. The van der Waals surface area contributed by atoms with E-state index >= 15 is 0 Å². The molecule has 7 nitrogen and oxygen atoms in total. The minimum Gasteiger partial charge on any atom is -0.495 e. The molecule has 1 atom stereocenters. The van der Waals surface area contributed by atoms with Crippen molar-refractivity contribution in [3.63, 3.8) is 0 Å². The highest BCUT2D eigenvalue weighted by atomic mass is 32.2. The average Bonchev–Trinajstić information content (AvgIpc) is 3.26. The first-order chi connectivity index (χ1) is 14.8. The van der Waals surface area contributed by atoms with Gasteiger partial charge in [0.2, 0.25) is 10.0 Å². The van der Waals surface area contributed by atoms with E-state index in [1.54, 1.807) is 6.07 Å². The molecule has 0 heterocycles. The van der Waals surface area contributed by atoms with Crippen molar-refractivity contribution in [1.29, 1.82) is 0 Å². The minimum atomic E-state index is -3.79. The Morgan fingerprint density at radius 2 is 1.81 bits per heavy atom. The number of nitrogens with one attached hydrogen (secondary N) is 2. The van der Waals surface area contributed by atoms with Crippen LogP contribution in [0.2, 0.25) is 0 Å². The number of methoxy groups -OCH3 is 1. The van der Waals surface area contributed by atoms with Crippen LogP contribution in [0, 0.1) is 0 Å². The number of amides is 1. The van der Waals surface area contributed by atoms with Crippen molar-refractivity contribution in [1.82, 2.24) is 14.9 Å². The second kappa shape index (κ2) is 10.3. The highest BCUT2D eigenvalue weighted by Crippen LogP contribution is 2.27.